The van der Waals surface area contributed by atoms with E-state index in [2.05, 4.69) is 10.3 Å². The maximum absolute atomic E-state index is 13.3. The van der Waals surface area contributed by atoms with Crippen molar-refractivity contribution in [2.45, 2.75) is 12.6 Å². The Kier molecular flexibility index (Phi) is 3.91. The summed E-state index contributed by atoms with van der Waals surface area (Å²) in [6, 6.07) is 10.5. The fraction of sp³-hybridized carbons (Fsp3) is 0.211. The van der Waals surface area contributed by atoms with E-state index in [4.69, 9.17) is 0 Å². The van der Waals surface area contributed by atoms with Crippen LogP contribution in [0.4, 0.5) is 9.18 Å². The van der Waals surface area contributed by atoms with Gasteiger partial charge in [0, 0.05) is 13.2 Å². The molecule has 0 spiro atoms. The lowest BCUT2D eigenvalue weighted by atomic mass is 9.96. The number of benzene rings is 1. The average Bonchev–Trinajstić information content (AvgIpc) is 2.97. The van der Waals surface area contributed by atoms with Gasteiger partial charge in [0.05, 0.1) is 36.1 Å². The van der Waals surface area contributed by atoms with E-state index < -0.39 is 6.04 Å². The molecule has 6 nitrogen and oxygen atoms in total. The second-order valence-electron chi connectivity index (χ2n) is 6.34. The molecule has 0 unspecified atom stereocenters. The summed E-state index contributed by atoms with van der Waals surface area (Å²) < 4.78 is 13.3. The average molecular weight is 352 g/mol. The second kappa shape index (κ2) is 6.25. The molecule has 3 heterocycles. The molecule has 1 aromatic heterocycles. The number of amides is 3. The molecular weight excluding hydrogens is 335 g/mol. The number of aromatic nitrogens is 1. The number of carbonyl (C=O) groups is 2. The third-order valence-electron chi connectivity index (χ3n) is 4.72. The van der Waals surface area contributed by atoms with Crippen molar-refractivity contribution in [2.75, 3.05) is 13.6 Å². The monoisotopic (exact) mass is 352 g/mol. The van der Waals surface area contributed by atoms with Crippen LogP contribution in [-0.4, -0.2) is 40.3 Å². The highest BCUT2D eigenvalue weighted by Gasteiger charge is 2.42. The number of hydrogen-bond donors (Lipinski definition) is 1. The van der Waals surface area contributed by atoms with E-state index in [1.165, 1.54) is 17.0 Å². The van der Waals surface area contributed by atoms with Gasteiger partial charge in [-0.05, 0) is 29.8 Å². The molecule has 2 aliphatic heterocycles. The Labute approximate surface area is 149 Å². The quantitative estimate of drug-likeness (QED) is 0.921. The third kappa shape index (κ3) is 2.71. The summed E-state index contributed by atoms with van der Waals surface area (Å²) >= 11 is 0. The van der Waals surface area contributed by atoms with E-state index in [0.717, 1.165) is 5.69 Å². The maximum atomic E-state index is 13.3. The van der Waals surface area contributed by atoms with Crippen LogP contribution in [0.1, 0.15) is 17.3 Å². The molecule has 26 heavy (non-hydrogen) atoms. The Morgan fingerprint density at radius 3 is 2.65 bits per heavy atom. The van der Waals surface area contributed by atoms with E-state index in [0.29, 0.717) is 29.9 Å². The Bertz CT molecular complexity index is 896. The SMILES string of the molecule is CN1C(=O)N[C@@H](c2ccc(F)cc2)C2=C1CN(Cc1ccccn1)C2=O. The van der Waals surface area contributed by atoms with E-state index in [1.807, 2.05) is 18.2 Å². The van der Waals surface area contributed by atoms with Crippen molar-refractivity contribution in [3.05, 3.63) is 77.0 Å². The van der Waals surface area contributed by atoms with Crippen molar-refractivity contribution in [2.24, 2.45) is 0 Å². The second-order valence-corrected chi connectivity index (χ2v) is 6.34. The van der Waals surface area contributed by atoms with Crippen molar-refractivity contribution < 1.29 is 14.0 Å². The first-order valence-electron chi connectivity index (χ1n) is 8.26. The van der Waals surface area contributed by atoms with Gasteiger partial charge in [-0.25, -0.2) is 9.18 Å². The van der Waals surface area contributed by atoms with Gasteiger partial charge in [0.15, 0.2) is 0 Å². The zero-order valence-corrected chi connectivity index (χ0v) is 14.1. The van der Waals surface area contributed by atoms with Gasteiger partial charge in [0.25, 0.3) is 5.91 Å². The molecule has 1 atom stereocenters. The molecule has 2 aliphatic rings. The van der Waals surface area contributed by atoms with Crippen LogP contribution in [0.5, 0.6) is 0 Å². The zero-order chi connectivity index (χ0) is 18.3. The van der Waals surface area contributed by atoms with Crippen LogP contribution < -0.4 is 5.32 Å². The zero-order valence-electron chi connectivity index (χ0n) is 14.1. The molecule has 4 rings (SSSR count). The van der Waals surface area contributed by atoms with Crippen molar-refractivity contribution in [1.29, 1.82) is 0 Å². The number of carbonyl (C=O) groups excluding carboxylic acids is 2. The fourth-order valence-corrected chi connectivity index (χ4v) is 3.34. The number of pyridine rings is 1. The summed E-state index contributed by atoms with van der Waals surface area (Å²) in [4.78, 5) is 32.8. The minimum Gasteiger partial charge on any atom is -0.327 e. The Morgan fingerprint density at radius 1 is 1.19 bits per heavy atom. The van der Waals surface area contributed by atoms with Crippen LogP contribution >= 0.6 is 0 Å². The third-order valence-corrected chi connectivity index (χ3v) is 4.72. The lowest BCUT2D eigenvalue weighted by Crippen LogP contribution is -2.45. The number of likely N-dealkylation sites (N-methyl/N-ethyl adjacent to an activating group) is 1. The summed E-state index contributed by atoms with van der Waals surface area (Å²) in [5.41, 5.74) is 2.65. The number of nitrogens with one attached hydrogen (secondary N) is 1. The van der Waals surface area contributed by atoms with Crippen molar-refractivity contribution in [3.8, 4) is 0 Å². The highest BCUT2D eigenvalue weighted by Crippen LogP contribution is 2.36. The van der Waals surface area contributed by atoms with Crippen LogP contribution in [0.3, 0.4) is 0 Å². The summed E-state index contributed by atoms with van der Waals surface area (Å²) in [5.74, 6) is -0.511. The van der Waals surface area contributed by atoms with Gasteiger partial charge in [0.1, 0.15) is 5.82 Å². The van der Waals surface area contributed by atoms with Gasteiger partial charge in [-0.2, -0.15) is 0 Å². The van der Waals surface area contributed by atoms with Crippen LogP contribution in [-0.2, 0) is 11.3 Å². The first kappa shape index (κ1) is 16.3. The molecule has 1 N–H and O–H groups in total. The van der Waals surface area contributed by atoms with E-state index in [1.54, 1.807) is 30.3 Å². The van der Waals surface area contributed by atoms with Gasteiger partial charge in [-0.3, -0.25) is 14.7 Å². The molecule has 2 aromatic rings. The number of urea groups is 1. The smallest absolute Gasteiger partial charge is 0.322 e. The Balaban J connectivity index is 1.67. The molecule has 0 bridgehead atoms. The Morgan fingerprint density at radius 2 is 1.96 bits per heavy atom. The number of hydrogen-bond acceptors (Lipinski definition) is 3. The minimum atomic E-state index is -0.587. The lowest BCUT2D eigenvalue weighted by Gasteiger charge is -2.31. The lowest BCUT2D eigenvalue weighted by molar-refractivity contribution is -0.126. The van der Waals surface area contributed by atoms with Crippen LogP contribution in [0.25, 0.3) is 0 Å². The van der Waals surface area contributed by atoms with Gasteiger partial charge >= 0.3 is 6.03 Å². The van der Waals surface area contributed by atoms with Gasteiger partial charge in [0.2, 0.25) is 0 Å². The number of nitrogens with zero attached hydrogens (tertiary/aromatic N) is 3. The number of rotatable bonds is 3. The van der Waals surface area contributed by atoms with Crippen molar-refractivity contribution >= 4 is 11.9 Å². The van der Waals surface area contributed by atoms with Crippen molar-refractivity contribution in [3.63, 3.8) is 0 Å². The largest absolute Gasteiger partial charge is 0.327 e. The maximum Gasteiger partial charge on any atom is 0.322 e. The molecule has 132 valence electrons. The van der Waals surface area contributed by atoms with E-state index in [9.17, 15) is 14.0 Å². The molecule has 3 amide bonds. The molecule has 0 radical (unpaired) electrons. The molecule has 0 aliphatic carbocycles. The van der Waals surface area contributed by atoms with Crippen molar-refractivity contribution in [1.82, 2.24) is 20.1 Å². The summed E-state index contributed by atoms with van der Waals surface area (Å²) in [6.45, 7) is 0.706. The minimum absolute atomic E-state index is 0.146. The summed E-state index contributed by atoms with van der Waals surface area (Å²) in [6.07, 6.45) is 1.68. The van der Waals surface area contributed by atoms with Gasteiger partial charge < -0.3 is 10.2 Å². The molecule has 0 fully saturated rings. The highest BCUT2D eigenvalue weighted by atomic mass is 19.1. The van der Waals surface area contributed by atoms with Crippen LogP contribution in [0.2, 0.25) is 0 Å². The van der Waals surface area contributed by atoms with Gasteiger partial charge in [-0.1, -0.05) is 18.2 Å². The van der Waals surface area contributed by atoms with E-state index >= 15 is 0 Å². The van der Waals surface area contributed by atoms with Crippen LogP contribution in [0.15, 0.2) is 59.9 Å². The first-order chi connectivity index (χ1) is 12.5. The first-order valence-corrected chi connectivity index (χ1v) is 8.26. The molecule has 1 aromatic carbocycles. The van der Waals surface area contributed by atoms with E-state index in [-0.39, 0.29) is 17.8 Å². The molecular formula is C19H17FN4O2. The normalized spacial score (nSPS) is 19.7. The van der Waals surface area contributed by atoms with Crippen LogP contribution in [0, 0.1) is 5.82 Å². The summed E-state index contributed by atoms with van der Waals surface area (Å²) in [5, 5.41) is 2.83. The predicted molar refractivity (Wildman–Crippen MR) is 92.1 cm³/mol. The van der Waals surface area contributed by atoms with Gasteiger partial charge in [-0.15, -0.1) is 0 Å². The standard InChI is InChI=1S/C19H17FN4O2/c1-23-15-11-24(10-14-4-2-3-9-21-14)18(25)16(15)17(22-19(23)26)12-5-7-13(20)8-6-12/h2-9,17H,10-11H2,1H3,(H,22,26)/t17-/m0/s1. The molecule has 0 saturated heterocycles. The summed E-state index contributed by atoms with van der Waals surface area (Å²) in [7, 11) is 1.64. The highest BCUT2D eigenvalue weighted by molar-refractivity contribution is 6.01. The fourth-order valence-electron chi connectivity index (χ4n) is 3.34. The number of halogens is 1. The predicted octanol–water partition coefficient (Wildman–Crippen LogP) is 2.21. The Hall–Kier alpha value is -3.22. The molecule has 0 saturated carbocycles. The topological polar surface area (TPSA) is 65.5 Å². The molecule has 7 heteroatoms.